The third-order valence-electron chi connectivity index (χ3n) is 1.43. The Morgan fingerprint density at radius 2 is 2.36 bits per heavy atom. The number of aliphatic hydroxyl groups is 1. The van der Waals surface area contributed by atoms with Crippen molar-refractivity contribution in [3.05, 3.63) is 16.1 Å². The summed E-state index contributed by atoms with van der Waals surface area (Å²) < 4.78 is 0. The number of rotatable bonds is 2. The van der Waals surface area contributed by atoms with Crippen molar-refractivity contribution in [2.45, 2.75) is 26.0 Å². The van der Waals surface area contributed by atoms with Crippen LogP contribution in [-0.4, -0.2) is 16.1 Å². The van der Waals surface area contributed by atoms with Gasteiger partial charge in [0.15, 0.2) is 0 Å². The third-order valence-corrected chi connectivity index (χ3v) is 2.41. The van der Waals surface area contributed by atoms with Crippen LogP contribution in [0.15, 0.2) is 6.20 Å². The van der Waals surface area contributed by atoms with Gasteiger partial charge in [0.25, 0.3) is 0 Å². The quantitative estimate of drug-likeness (QED) is 0.694. The maximum Gasteiger partial charge on any atom is 0.105 e. The van der Waals surface area contributed by atoms with E-state index >= 15 is 0 Å². The second kappa shape index (κ2) is 3.30. The lowest BCUT2D eigenvalue weighted by Crippen LogP contribution is -2.23. The molecular formula is C7H12N2OS. The van der Waals surface area contributed by atoms with E-state index in [2.05, 4.69) is 4.98 Å². The largest absolute Gasteiger partial charge is 0.386 e. The zero-order valence-electron chi connectivity index (χ0n) is 6.61. The van der Waals surface area contributed by atoms with Crippen LogP contribution in [0.5, 0.6) is 0 Å². The molecule has 0 spiro atoms. The molecule has 0 aliphatic heterocycles. The molecule has 0 aliphatic carbocycles. The summed E-state index contributed by atoms with van der Waals surface area (Å²) in [5.41, 5.74) is 5.51. The van der Waals surface area contributed by atoms with Crippen molar-refractivity contribution in [3.8, 4) is 0 Å². The molecule has 1 heterocycles. The van der Waals surface area contributed by atoms with E-state index in [0.29, 0.717) is 0 Å². The van der Waals surface area contributed by atoms with Crippen LogP contribution >= 0.6 is 11.3 Å². The Balaban J connectivity index is 2.76. The SMILES string of the molecule is Cc1ncc(C(O)C(C)N)s1. The molecule has 2 atom stereocenters. The van der Waals surface area contributed by atoms with Crippen LogP contribution in [0.25, 0.3) is 0 Å². The van der Waals surface area contributed by atoms with Crippen LogP contribution in [0.3, 0.4) is 0 Å². The minimum absolute atomic E-state index is 0.227. The first-order valence-electron chi connectivity index (χ1n) is 3.47. The number of aryl methyl sites for hydroxylation is 1. The van der Waals surface area contributed by atoms with Gasteiger partial charge in [0.05, 0.1) is 9.88 Å². The zero-order valence-corrected chi connectivity index (χ0v) is 7.43. The van der Waals surface area contributed by atoms with E-state index in [0.717, 1.165) is 9.88 Å². The standard InChI is InChI=1S/C7H12N2OS/c1-4(8)7(10)6-3-9-5(2)11-6/h3-4,7,10H,8H2,1-2H3. The van der Waals surface area contributed by atoms with Crippen molar-refractivity contribution >= 4 is 11.3 Å². The smallest absolute Gasteiger partial charge is 0.105 e. The van der Waals surface area contributed by atoms with Gasteiger partial charge < -0.3 is 10.8 Å². The number of aromatic nitrogens is 1. The highest BCUT2D eigenvalue weighted by Gasteiger charge is 2.14. The summed E-state index contributed by atoms with van der Waals surface area (Å²) in [5, 5.41) is 10.4. The molecule has 3 N–H and O–H groups in total. The predicted molar refractivity (Wildman–Crippen MR) is 45.5 cm³/mol. The van der Waals surface area contributed by atoms with Crippen LogP contribution < -0.4 is 5.73 Å². The fourth-order valence-corrected chi connectivity index (χ4v) is 1.66. The lowest BCUT2D eigenvalue weighted by molar-refractivity contribution is 0.157. The van der Waals surface area contributed by atoms with E-state index < -0.39 is 6.10 Å². The van der Waals surface area contributed by atoms with Crippen LogP contribution in [0.4, 0.5) is 0 Å². The highest BCUT2D eigenvalue weighted by atomic mass is 32.1. The van der Waals surface area contributed by atoms with E-state index in [9.17, 15) is 5.11 Å². The van der Waals surface area contributed by atoms with Crippen molar-refractivity contribution in [1.29, 1.82) is 0 Å². The number of thiazole rings is 1. The summed E-state index contributed by atoms with van der Waals surface area (Å²) >= 11 is 1.48. The molecule has 62 valence electrons. The van der Waals surface area contributed by atoms with Gasteiger partial charge in [-0.3, -0.25) is 0 Å². The van der Waals surface area contributed by atoms with Gasteiger partial charge in [-0.2, -0.15) is 0 Å². The first-order chi connectivity index (χ1) is 5.11. The summed E-state index contributed by atoms with van der Waals surface area (Å²) in [7, 11) is 0. The van der Waals surface area contributed by atoms with Crippen LogP contribution in [0, 0.1) is 6.92 Å². The van der Waals surface area contributed by atoms with Crippen molar-refractivity contribution in [3.63, 3.8) is 0 Å². The number of nitrogens with zero attached hydrogens (tertiary/aromatic N) is 1. The first kappa shape index (κ1) is 8.64. The molecule has 1 aromatic heterocycles. The normalized spacial score (nSPS) is 16.4. The van der Waals surface area contributed by atoms with Gasteiger partial charge in [-0.25, -0.2) is 4.98 Å². The molecule has 1 rings (SSSR count). The highest BCUT2D eigenvalue weighted by Crippen LogP contribution is 2.21. The Morgan fingerprint density at radius 3 is 2.73 bits per heavy atom. The van der Waals surface area contributed by atoms with Crippen molar-refractivity contribution in [1.82, 2.24) is 4.98 Å². The number of nitrogens with two attached hydrogens (primary N) is 1. The second-order valence-electron chi connectivity index (χ2n) is 2.59. The third kappa shape index (κ3) is 1.99. The van der Waals surface area contributed by atoms with E-state index in [1.54, 1.807) is 13.1 Å². The van der Waals surface area contributed by atoms with E-state index in [-0.39, 0.29) is 6.04 Å². The minimum atomic E-state index is -0.568. The lowest BCUT2D eigenvalue weighted by atomic mass is 10.2. The molecule has 11 heavy (non-hydrogen) atoms. The lowest BCUT2D eigenvalue weighted by Gasteiger charge is -2.10. The Morgan fingerprint density at radius 1 is 1.73 bits per heavy atom. The number of hydrogen-bond donors (Lipinski definition) is 2. The molecule has 0 radical (unpaired) electrons. The number of hydrogen-bond acceptors (Lipinski definition) is 4. The molecule has 0 aliphatic rings. The summed E-state index contributed by atoms with van der Waals surface area (Å²) in [5.74, 6) is 0. The minimum Gasteiger partial charge on any atom is -0.386 e. The fourth-order valence-electron chi connectivity index (χ4n) is 0.774. The molecular weight excluding hydrogens is 160 g/mol. The highest BCUT2D eigenvalue weighted by molar-refractivity contribution is 7.11. The molecule has 1 aromatic rings. The molecule has 0 amide bonds. The Hall–Kier alpha value is -0.450. The maximum atomic E-state index is 9.46. The van der Waals surface area contributed by atoms with Crippen molar-refractivity contribution in [2.24, 2.45) is 5.73 Å². The van der Waals surface area contributed by atoms with Crippen molar-refractivity contribution in [2.75, 3.05) is 0 Å². The molecule has 0 bridgehead atoms. The molecule has 0 saturated carbocycles. The summed E-state index contributed by atoms with van der Waals surface area (Å²) in [6.07, 6.45) is 1.11. The molecule has 0 fully saturated rings. The summed E-state index contributed by atoms with van der Waals surface area (Å²) in [4.78, 5) is 4.87. The van der Waals surface area contributed by atoms with Gasteiger partial charge in [0.2, 0.25) is 0 Å². The fraction of sp³-hybridized carbons (Fsp3) is 0.571. The van der Waals surface area contributed by atoms with Crippen LogP contribution in [-0.2, 0) is 0 Å². The molecule has 0 saturated heterocycles. The summed E-state index contributed by atoms with van der Waals surface area (Å²) in [6, 6.07) is -0.227. The Bertz CT molecular complexity index is 234. The summed E-state index contributed by atoms with van der Waals surface area (Å²) in [6.45, 7) is 3.68. The Labute approximate surface area is 69.9 Å². The van der Waals surface area contributed by atoms with E-state index in [1.165, 1.54) is 11.3 Å². The zero-order chi connectivity index (χ0) is 8.43. The van der Waals surface area contributed by atoms with Crippen LogP contribution in [0.1, 0.15) is 22.9 Å². The van der Waals surface area contributed by atoms with Crippen molar-refractivity contribution < 1.29 is 5.11 Å². The van der Waals surface area contributed by atoms with Gasteiger partial charge in [0, 0.05) is 12.2 Å². The Kier molecular flexibility index (Phi) is 2.59. The van der Waals surface area contributed by atoms with Gasteiger partial charge in [-0.15, -0.1) is 11.3 Å². The van der Waals surface area contributed by atoms with Gasteiger partial charge in [0.1, 0.15) is 6.10 Å². The average Bonchev–Trinajstić information content (AvgIpc) is 2.34. The van der Waals surface area contributed by atoms with Gasteiger partial charge >= 0.3 is 0 Å². The first-order valence-corrected chi connectivity index (χ1v) is 4.29. The average molecular weight is 172 g/mol. The van der Waals surface area contributed by atoms with E-state index in [1.807, 2.05) is 6.92 Å². The topological polar surface area (TPSA) is 59.1 Å². The molecule has 4 heteroatoms. The molecule has 3 nitrogen and oxygen atoms in total. The molecule has 2 unspecified atom stereocenters. The second-order valence-corrected chi connectivity index (χ2v) is 3.85. The maximum absolute atomic E-state index is 9.46. The van der Waals surface area contributed by atoms with E-state index in [4.69, 9.17) is 5.73 Å². The monoisotopic (exact) mass is 172 g/mol. The van der Waals surface area contributed by atoms with Gasteiger partial charge in [-0.1, -0.05) is 0 Å². The molecule has 0 aromatic carbocycles. The number of aliphatic hydroxyl groups excluding tert-OH is 1. The predicted octanol–water partition coefficient (Wildman–Crippen LogP) is 0.832. The van der Waals surface area contributed by atoms with Gasteiger partial charge in [-0.05, 0) is 13.8 Å². The van der Waals surface area contributed by atoms with Crippen LogP contribution in [0.2, 0.25) is 0 Å².